The summed E-state index contributed by atoms with van der Waals surface area (Å²) in [6.07, 6.45) is 6.64. The Hall–Kier alpha value is -0.820. The minimum atomic E-state index is -0.594. The second kappa shape index (κ2) is 5.22. The summed E-state index contributed by atoms with van der Waals surface area (Å²) in [6.45, 7) is 4.40. The Morgan fingerprint density at radius 1 is 1.29 bits per heavy atom. The Labute approximate surface area is 105 Å². The van der Waals surface area contributed by atoms with Crippen molar-refractivity contribution in [1.29, 1.82) is 0 Å². The monoisotopic (exact) mass is 232 g/mol. The van der Waals surface area contributed by atoms with Gasteiger partial charge in [-0.05, 0) is 49.1 Å². The molecule has 0 aromatic heterocycles. The zero-order valence-electron chi connectivity index (χ0n) is 11.1. The van der Waals surface area contributed by atoms with Gasteiger partial charge in [0, 0.05) is 0 Å². The van der Waals surface area contributed by atoms with Gasteiger partial charge in [-0.1, -0.05) is 44.5 Å². The molecule has 2 atom stereocenters. The average molecular weight is 232 g/mol. The Balaban J connectivity index is 2.39. The highest BCUT2D eigenvalue weighted by Crippen LogP contribution is 2.41. The number of hydrogen-bond donors (Lipinski definition) is 1. The molecule has 1 aliphatic rings. The molecule has 1 aliphatic carbocycles. The Morgan fingerprint density at radius 3 is 2.82 bits per heavy atom. The second-order valence-corrected chi connectivity index (χ2v) is 5.48. The molecule has 0 aliphatic heterocycles. The van der Waals surface area contributed by atoms with Crippen molar-refractivity contribution in [2.75, 3.05) is 0 Å². The van der Waals surface area contributed by atoms with Crippen LogP contribution in [-0.4, -0.2) is 5.11 Å². The number of rotatable bonds is 3. The van der Waals surface area contributed by atoms with Crippen LogP contribution in [-0.2, 0) is 12.0 Å². The molecule has 1 aromatic rings. The molecule has 1 heteroatoms. The van der Waals surface area contributed by atoms with Gasteiger partial charge in [-0.25, -0.2) is 0 Å². The standard InChI is InChI=1S/C16H24O/c1-3-8-13(2)16(17)12-7-6-10-14-9-4-5-11-15(14)16/h4-5,9,11,13,17H,3,6-8,10,12H2,1-2H3. The summed E-state index contributed by atoms with van der Waals surface area (Å²) < 4.78 is 0. The maximum atomic E-state index is 11.1. The Bertz CT molecular complexity index is 372. The van der Waals surface area contributed by atoms with Gasteiger partial charge in [0.2, 0.25) is 0 Å². The average Bonchev–Trinajstić information content (AvgIpc) is 2.51. The zero-order valence-corrected chi connectivity index (χ0v) is 11.1. The van der Waals surface area contributed by atoms with Gasteiger partial charge in [0.25, 0.3) is 0 Å². The third-order valence-electron chi connectivity index (χ3n) is 4.27. The van der Waals surface area contributed by atoms with Gasteiger partial charge in [-0.15, -0.1) is 0 Å². The Kier molecular flexibility index (Phi) is 3.88. The van der Waals surface area contributed by atoms with Crippen molar-refractivity contribution in [1.82, 2.24) is 0 Å². The third-order valence-corrected chi connectivity index (χ3v) is 4.27. The van der Waals surface area contributed by atoms with E-state index in [-0.39, 0.29) is 0 Å². The minimum Gasteiger partial charge on any atom is -0.385 e. The summed E-state index contributed by atoms with van der Waals surface area (Å²) in [6, 6.07) is 8.47. The van der Waals surface area contributed by atoms with Crippen LogP contribution in [0.3, 0.4) is 0 Å². The largest absolute Gasteiger partial charge is 0.385 e. The van der Waals surface area contributed by atoms with Gasteiger partial charge in [0.15, 0.2) is 0 Å². The van der Waals surface area contributed by atoms with E-state index in [1.807, 2.05) is 0 Å². The molecule has 1 N–H and O–H groups in total. The topological polar surface area (TPSA) is 20.2 Å². The summed E-state index contributed by atoms with van der Waals surface area (Å²) in [4.78, 5) is 0. The maximum Gasteiger partial charge on any atom is 0.0924 e. The van der Waals surface area contributed by atoms with E-state index in [2.05, 4.69) is 38.1 Å². The summed E-state index contributed by atoms with van der Waals surface area (Å²) in [5.74, 6) is 0.353. The van der Waals surface area contributed by atoms with Crippen molar-refractivity contribution >= 4 is 0 Å². The molecule has 0 spiro atoms. The molecular weight excluding hydrogens is 208 g/mol. The SMILES string of the molecule is CCCC(C)C1(O)CCCCc2ccccc21. The van der Waals surface area contributed by atoms with Crippen LogP contribution in [0.25, 0.3) is 0 Å². The molecule has 2 unspecified atom stereocenters. The first-order chi connectivity index (χ1) is 8.18. The van der Waals surface area contributed by atoms with Crippen LogP contribution in [0.4, 0.5) is 0 Å². The molecule has 17 heavy (non-hydrogen) atoms. The van der Waals surface area contributed by atoms with E-state index in [4.69, 9.17) is 0 Å². The highest BCUT2D eigenvalue weighted by molar-refractivity contribution is 5.34. The lowest BCUT2D eigenvalue weighted by Crippen LogP contribution is -2.33. The molecule has 2 rings (SSSR count). The van der Waals surface area contributed by atoms with Gasteiger partial charge in [-0.2, -0.15) is 0 Å². The first-order valence-electron chi connectivity index (χ1n) is 6.99. The highest BCUT2D eigenvalue weighted by atomic mass is 16.3. The maximum absolute atomic E-state index is 11.1. The van der Waals surface area contributed by atoms with Crippen molar-refractivity contribution in [3.05, 3.63) is 35.4 Å². The molecule has 0 bridgehead atoms. The second-order valence-electron chi connectivity index (χ2n) is 5.48. The lowest BCUT2D eigenvalue weighted by atomic mass is 9.76. The number of aliphatic hydroxyl groups is 1. The summed E-state index contributed by atoms with van der Waals surface area (Å²) in [5.41, 5.74) is 1.96. The molecule has 0 saturated carbocycles. The van der Waals surface area contributed by atoms with Crippen LogP contribution in [0.5, 0.6) is 0 Å². The summed E-state index contributed by atoms with van der Waals surface area (Å²) >= 11 is 0. The first-order valence-corrected chi connectivity index (χ1v) is 6.99. The van der Waals surface area contributed by atoms with E-state index in [0.29, 0.717) is 5.92 Å². The quantitative estimate of drug-likeness (QED) is 0.780. The number of hydrogen-bond acceptors (Lipinski definition) is 1. The minimum absolute atomic E-state index is 0.353. The lowest BCUT2D eigenvalue weighted by Gasteiger charge is -2.35. The van der Waals surface area contributed by atoms with Gasteiger partial charge in [0.05, 0.1) is 5.60 Å². The smallest absolute Gasteiger partial charge is 0.0924 e. The zero-order chi connectivity index (χ0) is 12.3. The molecule has 0 amide bonds. The third kappa shape index (κ3) is 2.40. The van der Waals surface area contributed by atoms with E-state index in [0.717, 1.165) is 32.1 Å². The van der Waals surface area contributed by atoms with Crippen LogP contribution >= 0.6 is 0 Å². The van der Waals surface area contributed by atoms with E-state index in [9.17, 15) is 5.11 Å². The van der Waals surface area contributed by atoms with E-state index < -0.39 is 5.60 Å². The van der Waals surface area contributed by atoms with Crippen molar-refractivity contribution in [3.63, 3.8) is 0 Å². The van der Waals surface area contributed by atoms with E-state index in [1.54, 1.807) is 0 Å². The van der Waals surface area contributed by atoms with Crippen LogP contribution in [0, 0.1) is 5.92 Å². The van der Waals surface area contributed by atoms with Gasteiger partial charge >= 0.3 is 0 Å². The molecule has 0 heterocycles. The van der Waals surface area contributed by atoms with Crippen molar-refractivity contribution in [2.45, 2.75) is 58.0 Å². The van der Waals surface area contributed by atoms with E-state index >= 15 is 0 Å². The van der Waals surface area contributed by atoms with Crippen LogP contribution in [0.2, 0.25) is 0 Å². The van der Waals surface area contributed by atoms with Crippen LogP contribution < -0.4 is 0 Å². The van der Waals surface area contributed by atoms with Gasteiger partial charge in [0.1, 0.15) is 0 Å². The predicted octanol–water partition coefficient (Wildman–Crippen LogP) is 4.04. The molecule has 1 nitrogen and oxygen atoms in total. The van der Waals surface area contributed by atoms with Gasteiger partial charge in [-0.3, -0.25) is 0 Å². The molecular formula is C16H24O. The Morgan fingerprint density at radius 2 is 2.06 bits per heavy atom. The molecule has 1 aromatic carbocycles. The first kappa shape index (κ1) is 12.6. The fourth-order valence-electron chi connectivity index (χ4n) is 3.19. The summed E-state index contributed by atoms with van der Waals surface area (Å²) in [5, 5.41) is 11.1. The molecule has 0 fully saturated rings. The van der Waals surface area contributed by atoms with Gasteiger partial charge < -0.3 is 5.11 Å². The van der Waals surface area contributed by atoms with Crippen molar-refractivity contribution in [3.8, 4) is 0 Å². The summed E-state index contributed by atoms with van der Waals surface area (Å²) in [7, 11) is 0. The predicted molar refractivity (Wildman–Crippen MR) is 72.0 cm³/mol. The fraction of sp³-hybridized carbons (Fsp3) is 0.625. The van der Waals surface area contributed by atoms with Crippen molar-refractivity contribution < 1.29 is 5.11 Å². The van der Waals surface area contributed by atoms with E-state index in [1.165, 1.54) is 17.5 Å². The fourth-order valence-corrected chi connectivity index (χ4v) is 3.19. The lowest BCUT2D eigenvalue weighted by molar-refractivity contribution is -0.0291. The van der Waals surface area contributed by atoms with Crippen LogP contribution in [0.1, 0.15) is 57.1 Å². The normalized spacial score (nSPS) is 26.1. The molecule has 0 saturated heterocycles. The number of aryl methyl sites for hydroxylation is 1. The number of benzene rings is 1. The van der Waals surface area contributed by atoms with Crippen molar-refractivity contribution in [2.24, 2.45) is 5.92 Å². The van der Waals surface area contributed by atoms with Crippen LogP contribution in [0.15, 0.2) is 24.3 Å². The highest BCUT2D eigenvalue weighted by Gasteiger charge is 2.37. The molecule has 94 valence electrons. The number of fused-ring (bicyclic) bond motifs is 1. The molecule has 0 radical (unpaired) electrons.